The van der Waals surface area contributed by atoms with Crippen LogP contribution in [0.3, 0.4) is 0 Å². The van der Waals surface area contributed by atoms with Gasteiger partial charge in [-0.3, -0.25) is 9.20 Å². The lowest BCUT2D eigenvalue weighted by Crippen LogP contribution is -2.40. The molecule has 5 aromatic heterocycles. The number of hydrogen-bond donors (Lipinski definition) is 1. The number of aromatic nitrogens is 5. The first-order chi connectivity index (χ1) is 21.3. The first kappa shape index (κ1) is 27.1. The van der Waals surface area contributed by atoms with Crippen molar-refractivity contribution in [2.45, 2.75) is 70.6 Å². The van der Waals surface area contributed by atoms with Crippen LogP contribution in [0.15, 0.2) is 42.5 Å². The van der Waals surface area contributed by atoms with Crippen molar-refractivity contribution in [3.8, 4) is 34.4 Å². The molecular formula is C34H37N7O3. The number of ether oxygens (including phenoxy) is 2. The Labute approximate surface area is 255 Å². The Hall–Kier alpha value is -4.44. The van der Waals surface area contributed by atoms with Crippen LogP contribution >= 0.6 is 0 Å². The molecule has 5 aromatic rings. The Morgan fingerprint density at radius 2 is 1.82 bits per heavy atom. The molecule has 1 aliphatic carbocycles. The molecule has 8 rings (SSSR count). The number of aryl methyl sites for hydroxylation is 2. The Balaban J connectivity index is 1.24. The minimum atomic E-state index is 0.0105. The van der Waals surface area contributed by atoms with Crippen molar-refractivity contribution < 1.29 is 14.3 Å². The standard InChI is InChI=1S/C34H37N7O3/c1-18-24(9-12-30(36-18)43-3)26-10-7-21-13-28(39(33(21)37-26)17-20-5-6-20)32-19(2)40-29(38-32)14-22(15-31(40)44-4)34(42)41-23-8-11-27(41)25(35)16-23/h7,9-10,12-15,20,23,25,27H,5-6,8,11,16-17,35H2,1-4H3/t23-,25+,27+/m0/s1. The fourth-order valence-corrected chi connectivity index (χ4v) is 7.43. The fourth-order valence-electron chi connectivity index (χ4n) is 7.43. The van der Waals surface area contributed by atoms with Gasteiger partial charge in [0.1, 0.15) is 17.0 Å². The number of pyridine rings is 3. The summed E-state index contributed by atoms with van der Waals surface area (Å²) in [5, 5.41) is 1.06. The number of amides is 1. The van der Waals surface area contributed by atoms with Crippen molar-refractivity contribution in [2.24, 2.45) is 11.7 Å². The predicted octanol–water partition coefficient (Wildman–Crippen LogP) is 5.16. The van der Waals surface area contributed by atoms with E-state index in [1.807, 2.05) is 40.5 Å². The predicted molar refractivity (Wildman–Crippen MR) is 168 cm³/mol. The minimum Gasteiger partial charge on any atom is -0.482 e. The van der Waals surface area contributed by atoms with E-state index in [4.69, 9.17) is 25.2 Å². The molecule has 7 heterocycles. The highest BCUT2D eigenvalue weighted by Gasteiger charge is 2.47. The number of fused-ring (bicyclic) bond motifs is 4. The molecule has 44 heavy (non-hydrogen) atoms. The van der Waals surface area contributed by atoms with E-state index in [-0.39, 0.29) is 24.0 Å². The Morgan fingerprint density at radius 1 is 0.977 bits per heavy atom. The molecular weight excluding hydrogens is 554 g/mol. The molecule has 226 valence electrons. The fraction of sp³-hybridized carbons (Fsp3) is 0.412. The molecule has 0 unspecified atom stereocenters. The van der Waals surface area contributed by atoms with Crippen LogP contribution in [-0.2, 0) is 6.54 Å². The third-order valence-corrected chi connectivity index (χ3v) is 9.86. The third-order valence-electron chi connectivity index (χ3n) is 9.86. The molecule has 0 spiro atoms. The highest BCUT2D eigenvalue weighted by molar-refractivity contribution is 5.97. The van der Waals surface area contributed by atoms with Crippen LogP contribution in [0.5, 0.6) is 11.8 Å². The summed E-state index contributed by atoms with van der Waals surface area (Å²) in [6.07, 6.45) is 5.29. The van der Waals surface area contributed by atoms with E-state index in [0.717, 1.165) is 70.9 Å². The second kappa shape index (κ2) is 10.1. The van der Waals surface area contributed by atoms with Crippen LogP contribution < -0.4 is 15.2 Å². The molecule has 2 bridgehead atoms. The van der Waals surface area contributed by atoms with Gasteiger partial charge in [-0.2, -0.15) is 0 Å². The van der Waals surface area contributed by atoms with Crippen LogP contribution in [0, 0.1) is 19.8 Å². The van der Waals surface area contributed by atoms with E-state index < -0.39 is 0 Å². The van der Waals surface area contributed by atoms with E-state index in [1.54, 1.807) is 14.2 Å². The van der Waals surface area contributed by atoms with Gasteiger partial charge >= 0.3 is 0 Å². The van der Waals surface area contributed by atoms with Crippen molar-refractivity contribution in [1.82, 2.24) is 28.8 Å². The average Bonchev–Trinajstić information content (AvgIpc) is 3.35. The van der Waals surface area contributed by atoms with E-state index in [1.165, 1.54) is 12.8 Å². The van der Waals surface area contributed by atoms with Gasteiger partial charge in [0.15, 0.2) is 5.88 Å². The lowest BCUT2D eigenvalue weighted by Gasteiger charge is -2.23. The summed E-state index contributed by atoms with van der Waals surface area (Å²) in [6, 6.07) is 14.4. The monoisotopic (exact) mass is 591 g/mol. The number of imidazole rings is 1. The number of nitrogens with two attached hydrogens (primary N) is 1. The molecule has 1 saturated carbocycles. The quantitative estimate of drug-likeness (QED) is 0.278. The SMILES string of the molecule is COc1ccc(-c2ccc3cc(-c4nc5cc(C(=O)N6[C@H]7CC[C@@H]6[C@H](N)C7)cc(OC)n5c4C)n(CC4CC4)c3n2)c(C)n1. The number of hydrogen-bond acceptors (Lipinski definition) is 7. The highest BCUT2D eigenvalue weighted by atomic mass is 16.5. The van der Waals surface area contributed by atoms with Gasteiger partial charge in [-0.05, 0) is 82.2 Å². The van der Waals surface area contributed by atoms with Gasteiger partial charge in [0.05, 0.1) is 37.0 Å². The number of nitrogens with zero attached hydrogens (tertiary/aromatic N) is 6. The smallest absolute Gasteiger partial charge is 0.254 e. The maximum atomic E-state index is 13.8. The van der Waals surface area contributed by atoms with Gasteiger partial charge in [-0.25, -0.2) is 15.0 Å². The zero-order valence-corrected chi connectivity index (χ0v) is 25.6. The number of carbonyl (C=O) groups excluding carboxylic acids is 1. The first-order valence-electron chi connectivity index (χ1n) is 15.5. The Bertz CT molecular complexity index is 1960. The Kier molecular flexibility index (Phi) is 6.20. The number of methoxy groups -OCH3 is 2. The lowest BCUT2D eigenvalue weighted by atomic mass is 9.97. The summed E-state index contributed by atoms with van der Waals surface area (Å²) in [4.78, 5) is 30.7. The summed E-state index contributed by atoms with van der Waals surface area (Å²) < 4.78 is 15.5. The maximum Gasteiger partial charge on any atom is 0.254 e. The second-order valence-corrected chi connectivity index (χ2v) is 12.6. The maximum absolute atomic E-state index is 13.8. The topological polar surface area (TPSA) is 113 Å². The molecule has 0 radical (unpaired) electrons. The number of rotatable bonds is 7. The van der Waals surface area contributed by atoms with Gasteiger partial charge in [-0.15, -0.1) is 0 Å². The van der Waals surface area contributed by atoms with Crippen LogP contribution in [-0.4, -0.2) is 67.1 Å². The molecule has 3 fully saturated rings. The van der Waals surface area contributed by atoms with E-state index >= 15 is 0 Å². The molecule has 10 heteroatoms. The molecule has 2 saturated heterocycles. The summed E-state index contributed by atoms with van der Waals surface area (Å²) in [5.41, 5.74) is 14.1. The third kappa shape index (κ3) is 4.18. The van der Waals surface area contributed by atoms with Gasteiger partial charge in [0.2, 0.25) is 5.88 Å². The van der Waals surface area contributed by atoms with Crippen molar-refractivity contribution in [1.29, 1.82) is 0 Å². The largest absolute Gasteiger partial charge is 0.482 e. The van der Waals surface area contributed by atoms with Crippen molar-refractivity contribution in [3.05, 3.63) is 59.4 Å². The van der Waals surface area contributed by atoms with Gasteiger partial charge in [0.25, 0.3) is 5.91 Å². The normalized spacial score (nSPS) is 21.1. The summed E-state index contributed by atoms with van der Waals surface area (Å²) >= 11 is 0. The molecule has 3 aliphatic rings. The molecule has 0 aromatic carbocycles. The number of carbonyl (C=O) groups is 1. The van der Waals surface area contributed by atoms with E-state index in [9.17, 15) is 4.79 Å². The molecule has 2 aliphatic heterocycles. The van der Waals surface area contributed by atoms with Crippen LogP contribution in [0.2, 0.25) is 0 Å². The van der Waals surface area contributed by atoms with E-state index in [0.29, 0.717) is 28.9 Å². The van der Waals surface area contributed by atoms with E-state index in [2.05, 4.69) is 34.7 Å². The zero-order chi connectivity index (χ0) is 30.3. The van der Waals surface area contributed by atoms with Crippen LogP contribution in [0.4, 0.5) is 0 Å². The lowest BCUT2D eigenvalue weighted by molar-refractivity contribution is 0.0726. The van der Waals surface area contributed by atoms with Crippen molar-refractivity contribution >= 4 is 22.6 Å². The molecule has 10 nitrogen and oxygen atoms in total. The van der Waals surface area contributed by atoms with Gasteiger partial charge in [0, 0.05) is 53.3 Å². The zero-order valence-electron chi connectivity index (χ0n) is 25.6. The highest BCUT2D eigenvalue weighted by Crippen LogP contribution is 2.40. The summed E-state index contributed by atoms with van der Waals surface area (Å²) in [7, 11) is 3.27. The Morgan fingerprint density at radius 3 is 2.50 bits per heavy atom. The molecule has 2 N–H and O–H groups in total. The molecule has 3 atom stereocenters. The van der Waals surface area contributed by atoms with Crippen molar-refractivity contribution in [3.63, 3.8) is 0 Å². The summed E-state index contributed by atoms with van der Waals surface area (Å²) in [6.45, 7) is 4.92. The van der Waals surface area contributed by atoms with Gasteiger partial charge < -0.3 is 24.7 Å². The van der Waals surface area contributed by atoms with Crippen molar-refractivity contribution in [2.75, 3.05) is 14.2 Å². The summed E-state index contributed by atoms with van der Waals surface area (Å²) in [5.74, 6) is 1.81. The average molecular weight is 592 g/mol. The second-order valence-electron chi connectivity index (χ2n) is 12.6. The van der Waals surface area contributed by atoms with Gasteiger partial charge in [-0.1, -0.05) is 0 Å². The van der Waals surface area contributed by atoms with Crippen LogP contribution in [0.1, 0.15) is 53.8 Å². The minimum absolute atomic E-state index is 0.0105. The van der Waals surface area contributed by atoms with Crippen LogP contribution in [0.25, 0.3) is 39.3 Å². The first-order valence-corrected chi connectivity index (χ1v) is 15.5. The molecule has 1 amide bonds.